The van der Waals surface area contributed by atoms with E-state index in [9.17, 15) is 13.8 Å². The van der Waals surface area contributed by atoms with Crippen molar-refractivity contribution in [2.24, 2.45) is 17.8 Å². The van der Waals surface area contributed by atoms with Crippen LogP contribution in [0.4, 0.5) is 11.4 Å². The first-order chi connectivity index (χ1) is 19.5. The summed E-state index contributed by atoms with van der Waals surface area (Å²) >= 11 is 0. The van der Waals surface area contributed by atoms with Crippen LogP contribution in [0.25, 0.3) is 0 Å². The second-order valence-corrected chi connectivity index (χ2v) is 12.8. The fourth-order valence-electron chi connectivity index (χ4n) is 4.21. The van der Waals surface area contributed by atoms with E-state index in [1.54, 1.807) is 23.7 Å². The summed E-state index contributed by atoms with van der Waals surface area (Å²) in [4.78, 5) is 25.3. The molecular formula is C32H51N5O3S. The molecule has 1 aliphatic rings. The van der Waals surface area contributed by atoms with E-state index in [4.69, 9.17) is 0 Å². The third-order valence-corrected chi connectivity index (χ3v) is 8.08. The predicted octanol–water partition coefficient (Wildman–Crippen LogP) is 4.74. The highest BCUT2D eigenvalue weighted by Crippen LogP contribution is 2.37. The maximum absolute atomic E-state index is 12.9. The zero-order chi connectivity index (χ0) is 30.4. The van der Waals surface area contributed by atoms with Crippen LogP contribution in [0.15, 0.2) is 48.5 Å². The van der Waals surface area contributed by atoms with Crippen LogP contribution in [0, 0.1) is 24.7 Å². The summed E-state index contributed by atoms with van der Waals surface area (Å²) in [5.74, 6) is 1.61. The molecule has 4 N–H and O–H groups in total. The van der Waals surface area contributed by atoms with Gasteiger partial charge in [0.1, 0.15) is 11.0 Å². The highest BCUT2D eigenvalue weighted by atomic mass is 32.2. The molecule has 1 fully saturated rings. The van der Waals surface area contributed by atoms with Gasteiger partial charge in [0.2, 0.25) is 5.91 Å². The number of benzene rings is 2. The summed E-state index contributed by atoms with van der Waals surface area (Å²) in [5, 5.41) is 12.6. The van der Waals surface area contributed by atoms with E-state index in [1.807, 2.05) is 30.3 Å². The van der Waals surface area contributed by atoms with Gasteiger partial charge in [-0.25, -0.2) is 4.21 Å². The van der Waals surface area contributed by atoms with Crippen LogP contribution in [-0.2, 0) is 15.8 Å². The Hall–Kier alpha value is -2.91. The fraction of sp³-hybridized carbons (Fsp3) is 0.562. The van der Waals surface area contributed by atoms with Gasteiger partial charge in [-0.1, -0.05) is 70.0 Å². The second kappa shape index (κ2) is 17.8. The summed E-state index contributed by atoms with van der Waals surface area (Å²) < 4.78 is 13.6. The van der Waals surface area contributed by atoms with E-state index >= 15 is 0 Å². The summed E-state index contributed by atoms with van der Waals surface area (Å²) in [6.07, 6.45) is 4.48. The number of amides is 2. The Morgan fingerprint density at radius 3 is 2.29 bits per heavy atom. The lowest BCUT2D eigenvalue weighted by Gasteiger charge is -2.20. The molecule has 0 aromatic heterocycles. The summed E-state index contributed by atoms with van der Waals surface area (Å²) in [5.41, 5.74) is 3.41. The van der Waals surface area contributed by atoms with Crippen LogP contribution in [0.3, 0.4) is 0 Å². The number of carbonyl (C=O) groups excluding carboxylic acids is 2. The first kappa shape index (κ1) is 34.3. The molecule has 0 saturated heterocycles. The summed E-state index contributed by atoms with van der Waals surface area (Å²) in [7, 11) is 0.557. The number of anilines is 2. The first-order valence-electron chi connectivity index (χ1n) is 14.8. The SMILES string of the molecule is CCC[C@H](NCCNC(=O)c1cc(NCC2CC2C)cc(N(C)S(C)=O)c1)C(=O)NCC(C)C.Cc1ccccc1. The average molecular weight is 586 g/mol. The number of hydrogen-bond donors (Lipinski definition) is 4. The van der Waals surface area contributed by atoms with Gasteiger partial charge in [0.15, 0.2) is 0 Å². The van der Waals surface area contributed by atoms with Gasteiger partial charge in [-0.05, 0) is 55.7 Å². The molecule has 2 amide bonds. The Morgan fingerprint density at radius 2 is 1.76 bits per heavy atom. The van der Waals surface area contributed by atoms with E-state index in [1.165, 1.54) is 12.0 Å². The molecule has 0 heterocycles. The van der Waals surface area contributed by atoms with Gasteiger partial charge in [-0.15, -0.1) is 0 Å². The second-order valence-electron chi connectivity index (χ2n) is 11.4. The third kappa shape index (κ3) is 13.1. The molecule has 2 aromatic carbocycles. The van der Waals surface area contributed by atoms with Crippen molar-refractivity contribution in [3.05, 3.63) is 59.7 Å². The molecule has 0 aliphatic heterocycles. The lowest BCUT2D eigenvalue weighted by Crippen LogP contribution is -2.47. The average Bonchev–Trinajstić information content (AvgIpc) is 3.66. The van der Waals surface area contributed by atoms with Crippen LogP contribution in [-0.4, -0.2) is 61.5 Å². The Kier molecular flexibility index (Phi) is 14.9. The molecular weight excluding hydrogens is 534 g/mol. The normalized spacial score (nSPS) is 17.1. The molecule has 0 spiro atoms. The van der Waals surface area contributed by atoms with E-state index in [0.29, 0.717) is 37.0 Å². The van der Waals surface area contributed by atoms with Gasteiger partial charge < -0.3 is 21.3 Å². The Bertz CT molecular complexity index is 1110. The van der Waals surface area contributed by atoms with Gasteiger partial charge in [0.25, 0.3) is 5.91 Å². The van der Waals surface area contributed by atoms with Crippen LogP contribution < -0.4 is 25.6 Å². The van der Waals surface area contributed by atoms with Gasteiger partial charge >= 0.3 is 0 Å². The maximum Gasteiger partial charge on any atom is 0.251 e. The standard InChI is InChI=1S/C25H43N5O3S.C7H8/c1-7-8-23(25(32)29-15-17(2)3)26-9-10-27-24(31)19-12-21(28-16-20-11-18(20)4)14-22(13-19)30(5)34(6)33;1-7-5-3-2-4-6-7/h12-14,17-18,20,23,26,28H,7-11,15-16H2,1-6H3,(H,27,31)(H,29,32);2-6H,1H3/t18?,20?,23-,34?;/m0./s1. The van der Waals surface area contributed by atoms with Crippen LogP contribution in [0.5, 0.6) is 0 Å². The summed E-state index contributed by atoms with van der Waals surface area (Å²) in [6.45, 7) is 12.9. The smallest absolute Gasteiger partial charge is 0.251 e. The van der Waals surface area contributed by atoms with Crippen molar-refractivity contribution < 1.29 is 13.8 Å². The minimum absolute atomic E-state index is 0.00544. The van der Waals surface area contributed by atoms with E-state index in [-0.39, 0.29) is 17.9 Å². The number of hydrogen-bond acceptors (Lipinski definition) is 5. The molecule has 228 valence electrons. The van der Waals surface area contributed by atoms with E-state index in [2.05, 4.69) is 68.0 Å². The number of aryl methyl sites for hydroxylation is 1. The quantitative estimate of drug-likeness (QED) is 0.226. The molecule has 0 bridgehead atoms. The van der Waals surface area contributed by atoms with E-state index in [0.717, 1.165) is 36.7 Å². The van der Waals surface area contributed by atoms with Crippen molar-refractivity contribution in [2.45, 2.75) is 59.9 Å². The predicted molar refractivity (Wildman–Crippen MR) is 173 cm³/mol. The number of rotatable bonds is 15. The Labute approximate surface area is 250 Å². The highest BCUT2D eigenvalue weighted by molar-refractivity contribution is 7.85. The molecule has 41 heavy (non-hydrogen) atoms. The van der Waals surface area contributed by atoms with Crippen molar-refractivity contribution >= 4 is 34.2 Å². The zero-order valence-corrected chi connectivity index (χ0v) is 26.8. The van der Waals surface area contributed by atoms with Crippen LogP contribution in [0.1, 0.15) is 62.9 Å². The number of carbonyl (C=O) groups is 2. The fourth-order valence-corrected chi connectivity index (χ4v) is 4.61. The van der Waals surface area contributed by atoms with Crippen molar-refractivity contribution in [1.29, 1.82) is 0 Å². The topological polar surface area (TPSA) is 103 Å². The van der Waals surface area contributed by atoms with Crippen LogP contribution in [0.2, 0.25) is 0 Å². The van der Waals surface area contributed by atoms with Crippen molar-refractivity contribution in [3.8, 4) is 0 Å². The Balaban J connectivity index is 0.000000729. The Morgan fingerprint density at radius 1 is 1.07 bits per heavy atom. The van der Waals surface area contributed by atoms with Crippen molar-refractivity contribution in [3.63, 3.8) is 0 Å². The largest absolute Gasteiger partial charge is 0.385 e. The molecule has 2 aromatic rings. The number of nitrogens with one attached hydrogen (secondary N) is 4. The molecule has 3 rings (SSSR count). The van der Waals surface area contributed by atoms with Crippen LogP contribution >= 0.6 is 0 Å². The molecule has 1 saturated carbocycles. The molecule has 1 aliphatic carbocycles. The maximum atomic E-state index is 12.9. The minimum Gasteiger partial charge on any atom is -0.385 e. The van der Waals surface area contributed by atoms with E-state index < -0.39 is 11.0 Å². The lowest BCUT2D eigenvalue weighted by atomic mass is 10.1. The molecule has 9 heteroatoms. The monoisotopic (exact) mass is 585 g/mol. The molecule has 4 atom stereocenters. The third-order valence-electron chi connectivity index (χ3n) is 7.09. The van der Waals surface area contributed by atoms with Gasteiger partial charge in [0, 0.05) is 50.7 Å². The minimum atomic E-state index is -1.19. The highest BCUT2D eigenvalue weighted by Gasteiger charge is 2.32. The molecule has 8 nitrogen and oxygen atoms in total. The van der Waals surface area contributed by atoms with Gasteiger partial charge in [-0.2, -0.15) is 0 Å². The molecule has 0 radical (unpaired) electrons. The van der Waals surface area contributed by atoms with Crippen molar-refractivity contribution in [1.82, 2.24) is 16.0 Å². The van der Waals surface area contributed by atoms with Crippen molar-refractivity contribution in [2.75, 3.05) is 49.1 Å². The summed E-state index contributed by atoms with van der Waals surface area (Å²) in [6, 6.07) is 15.5. The lowest BCUT2D eigenvalue weighted by molar-refractivity contribution is -0.123. The van der Waals surface area contributed by atoms with Gasteiger partial charge in [0.05, 0.1) is 11.7 Å². The molecule has 3 unspecified atom stereocenters. The van der Waals surface area contributed by atoms with Gasteiger partial charge in [-0.3, -0.25) is 13.9 Å². The first-order valence-corrected chi connectivity index (χ1v) is 16.3. The number of nitrogens with zero attached hydrogens (tertiary/aromatic N) is 1. The zero-order valence-electron chi connectivity index (χ0n) is 26.0.